The van der Waals surface area contributed by atoms with Crippen LogP contribution in [-0.4, -0.2) is 40.9 Å². The highest BCUT2D eigenvalue weighted by Gasteiger charge is 2.38. The van der Waals surface area contributed by atoms with Crippen molar-refractivity contribution in [3.05, 3.63) is 54.4 Å². The number of aliphatic hydroxyl groups excluding tert-OH is 1. The lowest BCUT2D eigenvalue weighted by molar-refractivity contribution is -0.207. The van der Waals surface area contributed by atoms with E-state index in [0.717, 1.165) is 0 Å². The van der Waals surface area contributed by atoms with Gasteiger partial charge in [-0.05, 0) is 25.2 Å². The number of para-hydroxylation sites is 1. The quantitative estimate of drug-likeness (QED) is 0.885. The zero-order valence-corrected chi connectivity index (χ0v) is 12.5. The molecule has 1 aromatic heterocycles. The summed E-state index contributed by atoms with van der Waals surface area (Å²) in [5, 5.41) is 9.13. The van der Waals surface area contributed by atoms with Gasteiger partial charge in [0, 0.05) is 24.8 Å². The highest BCUT2D eigenvalue weighted by Crippen LogP contribution is 2.26. The Labute approximate surface area is 132 Å². The number of alkyl halides is 3. The van der Waals surface area contributed by atoms with E-state index >= 15 is 0 Å². The fourth-order valence-electron chi connectivity index (χ4n) is 2.02. The molecule has 4 nitrogen and oxygen atoms in total. The van der Waals surface area contributed by atoms with Crippen molar-refractivity contribution in [2.24, 2.45) is 0 Å². The summed E-state index contributed by atoms with van der Waals surface area (Å²) < 4.78 is 42.9. The number of benzene rings is 1. The van der Waals surface area contributed by atoms with Crippen molar-refractivity contribution in [3.8, 4) is 11.5 Å². The molecule has 0 saturated carbocycles. The van der Waals surface area contributed by atoms with Crippen LogP contribution >= 0.6 is 0 Å². The van der Waals surface area contributed by atoms with Crippen LogP contribution in [0.25, 0.3) is 0 Å². The van der Waals surface area contributed by atoms with E-state index in [0.29, 0.717) is 17.1 Å². The number of likely N-dealkylation sites (N-methyl/N-ethyl adjacent to an activating group) is 1. The largest absolute Gasteiger partial charge is 0.455 e. The predicted molar refractivity (Wildman–Crippen MR) is 79.1 cm³/mol. The van der Waals surface area contributed by atoms with E-state index in [9.17, 15) is 13.2 Å². The minimum atomic E-state index is -4.63. The van der Waals surface area contributed by atoms with Crippen molar-refractivity contribution >= 4 is 0 Å². The Hall–Kier alpha value is -2.12. The summed E-state index contributed by atoms with van der Waals surface area (Å²) in [7, 11) is 1.51. The zero-order chi connectivity index (χ0) is 16.9. The molecule has 0 fully saturated rings. The maximum absolute atomic E-state index is 12.4. The van der Waals surface area contributed by atoms with E-state index in [-0.39, 0.29) is 6.54 Å². The Bertz CT molecular complexity index is 620. The third kappa shape index (κ3) is 5.22. The van der Waals surface area contributed by atoms with Crippen LogP contribution in [-0.2, 0) is 6.54 Å². The minimum Gasteiger partial charge on any atom is -0.455 e. The molecule has 0 saturated heterocycles. The molecule has 0 aliphatic heterocycles. The van der Waals surface area contributed by atoms with E-state index in [1.165, 1.54) is 11.9 Å². The molecule has 0 spiro atoms. The van der Waals surface area contributed by atoms with Gasteiger partial charge in [0.2, 0.25) is 0 Å². The summed E-state index contributed by atoms with van der Waals surface area (Å²) in [5.74, 6) is 1.08. The summed E-state index contributed by atoms with van der Waals surface area (Å²) in [4.78, 5) is 5.34. The molecular weight excluding hydrogens is 309 g/mol. The molecule has 1 heterocycles. The van der Waals surface area contributed by atoms with Gasteiger partial charge in [-0.3, -0.25) is 9.88 Å². The smallest absolute Gasteiger partial charge is 0.415 e. The zero-order valence-electron chi connectivity index (χ0n) is 12.5. The van der Waals surface area contributed by atoms with Crippen molar-refractivity contribution in [1.82, 2.24) is 9.88 Å². The van der Waals surface area contributed by atoms with Crippen LogP contribution in [0.15, 0.2) is 48.8 Å². The number of aliphatic hydroxyl groups is 1. The first-order valence-electron chi connectivity index (χ1n) is 6.95. The van der Waals surface area contributed by atoms with Crippen molar-refractivity contribution in [3.63, 3.8) is 0 Å². The highest BCUT2D eigenvalue weighted by molar-refractivity contribution is 5.37. The molecule has 1 atom stereocenters. The maximum Gasteiger partial charge on any atom is 0.415 e. The summed E-state index contributed by atoms with van der Waals surface area (Å²) in [5.41, 5.74) is 0.716. The standard InChI is InChI=1S/C16H17F3N2O2/c1-21(11-15(22)16(17,18)19)10-12-5-2-3-7-14(12)23-13-6-4-8-20-9-13/h2-9,15,22H,10-11H2,1H3. The van der Waals surface area contributed by atoms with Gasteiger partial charge < -0.3 is 9.84 Å². The first-order valence-corrected chi connectivity index (χ1v) is 6.95. The molecule has 1 unspecified atom stereocenters. The average Bonchev–Trinajstić information content (AvgIpc) is 2.49. The Morgan fingerprint density at radius 3 is 2.61 bits per heavy atom. The molecule has 1 aromatic carbocycles. The normalized spacial score (nSPS) is 13.1. The molecule has 0 radical (unpaired) electrons. The fourth-order valence-corrected chi connectivity index (χ4v) is 2.02. The second-order valence-electron chi connectivity index (χ2n) is 5.15. The van der Waals surface area contributed by atoms with Gasteiger partial charge in [-0.25, -0.2) is 0 Å². The Morgan fingerprint density at radius 2 is 1.96 bits per heavy atom. The molecule has 0 amide bonds. The number of aromatic nitrogens is 1. The Kier molecular flexibility index (Phi) is 5.57. The second kappa shape index (κ2) is 7.43. The third-order valence-electron chi connectivity index (χ3n) is 3.14. The number of halogens is 3. The summed E-state index contributed by atoms with van der Waals surface area (Å²) in [6, 6.07) is 10.5. The molecule has 1 N–H and O–H groups in total. The molecule has 2 aromatic rings. The molecule has 0 bridgehead atoms. The first kappa shape index (κ1) is 17.2. The van der Waals surface area contributed by atoms with Gasteiger partial charge in [-0.15, -0.1) is 0 Å². The van der Waals surface area contributed by atoms with Gasteiger partial charge in [0.05, 0.1) is 6.20 Å². The average molecular weight is 326 g/mol. The van der Waals surface area contributed by atoms with Crippen LogP contribution in [0.1, 0.15) is 5.56 Å². The summed E-state index contributed by atoms with van der Waals surface area (Å²) >= 11 is 0. The van der Waals surface area contributed by atoms with Gasteiger partial charge >= 0.3 is 6.18 Å². The van der Waals surface area contributed by atoms with Crippen LogP contribution in [0, 0.1) is 0 Å². The van der Waals surface area contributed by atoms with Crippen molar-refractivity contribution in [2.45, 2.75) is 18.8 Å². The van der Waals surface area contributed by atoms with Crippen molar-refractivity contribution < 1.29 is 23.0 Å². The van der Waals surface area contributed by atoms with E-state index < -0.39 is 18.8 Å². The number of hydrogen-bond donors (Lipinski definition) is 1. The molecule has 0 aliphatic rings. The monoisotopic (exact) mass is 326 g/mol. The van der Waals surface area contributed by atoms with Crippen LogP contribution in [0.4, 0.5) is 13.2 Å². The Morgan fingerprint density at radius 1 is 1.22 bits per heavy atom. The van der Waals surface area contributed by atoms with Gasteiger partial charge in [0.25, 0.3) is 0 Å². The van der Waals surface area contributed by atoms with E-state index in [1.807, 2.05) is 0 Å². The lowest BCUT2D eigenvalue weighted by Gasteiger charge is -2.23. The Balaban J connectivity index is 2.05. The number of ether oxygens (including phenoxy) is 1. The highest BCUT2D eigenvalue weighted by atomic mass is 19.4. The van der Waals surface area contributed by atoms with Crippen molar-refractivity contribution in [2.75, 3.05) is 13.6 Å². The van der Waals surface area contributed by atoms with Gasteiger partial charge in [-0.1, -0.05) is 18.2 Å². The van der Waals surface area contributed by atoms with Crippen LogP contribution in [0.5, 0.6) is 11.5 Å². The SMILES string of the molecule is CN(Cc1ccccc1Oc1cccnc1)CC(O)C(F)(F)F. The van der Waals surface area contributed by atoms with Crippen LogP contribution < -0.4 is 4.74 Å². The summed E-state index contributed by atoms with van der Waals surface area (Å²) in [6.07, 6.45) is -3.84. The topological polar surface area (TPSA) is 45.6 Å². The molecular formula is C16H17F3N2O2. The van der Waals surface area contributed by atoms with Gasteiger partial charge in [0.15, 0.2) is 6.10 Å². The summed E-state index contributed by atoms with van der Waals surface area (Å²) in [6.45, 7) is -0.297. The number of nitrogens with zero attached hydrogens (tertiary/aromatic N) is 2. The third-order valence-corrected chi connectivity index (χ3v) is 3.14. The van der Waals surface area contributed by atoms with E-state index in [4.69, 9.17) is 9.84 Å². The predicted octanol–water partition coefficient (Wildman–Crippen LogP) is 3.23. The fraction of sp³-hybridized carbons (Fsp3) is 0.312. The van der Waals surface area contributed by atoms with Crippen LogP contribution in [0.3, 0.4) is 0 Å². The molecule has 7 heteroatoms. The lowest BCUT2D eigenvalue weighted by Crippen LogP contribution is -2.39. The lowest BCUT2D eigenvalue weighted by atomic mass is 10.2. The maximum atomic E-state index is 12.4. The second-order valence-corrected chi connectivity index (χ2v) is 5.15. The van der Waals surface area contributed by atoms with Gasteiger partial charge in [0.1, 0.15) is 11.5 Å². The molecule has 0 aliphatic carbocycles. The molecule has 2 rings (SSSR count). The molecule has 23 heavy (non-hydrogen) atoms. The van der Waals surface area contributed by atoms with E-state index in [1.54, 1.807) is 48.8 Å². The number of hydrogen-bond acceptors (Lipinski definition) is 4. The van der Waals surface area contributed by atoms with E-state index in [2.05, 4.69) is 4.98 Å². The number of pyridine rings is 1. The minimum absolute atomic E-state index is 0.212. The van der Waals surface area contributed by atoms with Gasteiger partial charge in [-0.2, -0.15) is 13.2 Å². The number of rotatable bonds is 6. The van der Waals surface area contributed by atoms with Crippen molar-refractivity contribution in [1.29, 1.82) is 0 Å². The first-order chi connectivity index (χ1) is 10.9. The molecule has 124 valence electrons. The van der Waals surface area contributed by atoms with Crippen LogP contribution in [0.2, 0.25) is 0 Å².